The second kappa shape index (κ2) is 8.57. The van der Waals surface area contributed by atoms with Crippen molar-refractivity contribution in [3.05, 3.63) is 0 Å². The van der Waals surface area contributed by atoms with Crippen LogP contribution >= 0.6 is 57.1 Å². The zero-order chi connectivity index (χ0) is 3.58. The summed E-state index contributed by atoms with van der Waals surface area (Å²) in [6.45, 7) is -0.294. The second-order valence-corrected chi connectivity index (χ2v) is 47.6. The molecule has 33 valence electrons. The topological polar surface area (TPSA) is 0 Å². The fourth-order valence-corrected chi connectivity index (χ4v) is 0. The van der Waals surface area contributed by atoms with Gasteiger partial charge < -0.3 is 0 Å². The first-order valence-electron chi connectivity index (χ1n) is 0.342. The Morgan fingerprint density at radius 2 is 1.00 bits per heavy atom. The Morgan fingerprint density at radius 1 is 1.00 bits per heavy atom. The van der Waals surface area contributed by atoms with Gasteiger partial charge in [-0.2, -0.15) is 0 Å². The van der Waals surface area contributed by atoms with Crippen molar-refractivity contribution in [2.75, 3.05) is 0 Å². The van der Waals surface area contributed by atoms with Crippen LogP contribution in [0.15, 0.2) is 0 Å². The van der Waals surface area contributed by atoms with Gasteiger partial charge in [0.25, 0.3) is 0 Å². The van der Waals surface area contributed by atoms with E-state index >= 15 is 0 Å². The molecule has 0 bridgehead atoms. The summed E-state index contributed by atoms with van der Waals surface area (Å²) in [5.74, 6) is 0. The van der Waals surface area contributed by atoms with Crippen molar-refractivity contribution in [2.24, 2.45) is 0 Å². The van der Waals surface area contributed by atoms with E-state index in [1.54, 1.807) is 0 Å². The van der Waals surface area contributed by atoms with Crippen LogP contribution in [0.25, 0.3) is 0 Å². The van der Waals surface area contributed by atoms with Crippen molar-refractivity contribution in [1.82, 2.24) is 0 Å². The Bertz CT molecular complexity index is 11.6. The van der Waals surface area contributed by atoms with Gasteiger partial charge >= 0.3 is 64.1 Å². The molecular weight excluding hydrogens is 617 g/mol. The van der Waals surface area contributed by atoms with Crippen LogP contribution in [-0.4, -0.2) is 51.4 Å². The average molecular weight is 617 g/mol. The minimum absolute atomic E-state index is 0. The molecule has 0 aliphatic carbocycles. The van der Waals surface area contributed by atoms with Gasteiger partial charge in [0.05, 0.1) is 0 Å². The monoisotopic (exact) mass is 617 g/mol. The number of hydrogen-bond acceptors (Lipinski definition) is 0. The molecule has 1 radical (unpaired) electrons. The summed E-state index contributed by atoms with van der Waals surface area (Å²) in [5, 5.41) is 0. The van der Waals surface area contributed by atoms with E-state index in [-0.39, 0.29) is 58.4 Å². The van der Waals surface area contributed by atoms with E-state index < -0.39 is 0 Å². The zero-order valence-electron chi connectivity index (χ0n) is 2.44. The molecule has 0 aliphatic rings. The average Bonchev–Trinajstić information content (AvgIpc) is 0.811. The molecule has 0 aromatic heterocycles. The third-order valence-electron chi connectivity index (χ3n) is 0. The minimum Gasteiger partial charge on any atom is 0 e. The molecule has 0 saturated heterocycles. The molecule has 0 N–H and O–H groups in total. The Balaban J connectivity index is 0. The largest absolute Gasteiger partial charge is 0 e. The van der Waals surface area contributed by atoms with Crippen LogP contribution in [0.2, 0.25) is 0 Å². The molecule has 0 nitrogen and oxygen atoms in total. The van der Waals surface area contributed by atoms with Gasteiger partial charge in [-0.05, 0) is 0 Å². The Labute approximate surface area is 111 Å². The molecule has 0 aromatic rings. The first-order chi connectivity index (χ1) is 1.73. The van der Waals surface area contributed by atoms with Crippen LogP contribution in [0.4, 0.5) is 0 Å². The zero-order valence-corrected chi connectivity index (χ0v) is 14.2. The van der Waals surface area contributed by atoms with Gasteiger partial charge in [-0.25, -0.2) is 0 Å². The molecule has 5 heteroatoms. The van der Waals surface area contributed by atoms with Gasteiger partial charge in [0.2, 0.25) is 0 Å². The van der Waals surface area contributed by atoms with E-state index in [1.165, 1.54) is 0 Å². The van der Waals surface area contributed by atoms with Gasteiger partial charge in [0, 0.05) is 51.4 Å². The standard InChI is InChI=1S/Au.3HI.K/h;3*1H;/q+3;;;;/p-3. The van der Waals surface area contributed by atoms with E-state index in [0.29, 0.717) is 0 Å². The third-order valence-corrected chi connectivity index (χ3v) is 0. The summed E-state index contributed by atoms with van der Waals surface area (Å²) < 4.78 is 0. The molecule has 0 spiro atoms. The van der Waals surface area contributed by atoms with Crippen molar-refractivity contribution in [2.45, 2.75) is 0 Å². The summed E-state index contributed by atoms with van der Waals surface area (Å²) in [7, 11) is 0. The maximum absolute atomic E-state index is 2.46. The molecule has 0 aliphatic heterocycles. The SMILES string of the molecule is [I][Au]([I])[I].[K]. The van der Waals surface area contributed by atoms with Gasteiger partial charge in [0.15, 0.2) is 0 Å². The number of halogens is 3. The van der Waals surface area contributed by atoms with E-state index in [0.717, 1.165) is 0 Å². The van der Waals surface area contributed by atoms with E-state index in [1.807, 2.05) is 0 Å². The van der Waals surface area contributed by atoms with Crippen LogP contribution in [0.5, 0.6) is 0 Å². The summed E-state index contributed by atoms with van der Waals surface area (Å²) in [4.78, 5) is 0. The molecule has 0 heterocycles. The molecule has 0 rings (SSSR count). The predicted molar refractivity (Wildman–Crippen MR) is 47.8 cm³/mol. The summed E-state index contributed by atoms with van der Waals surface area (Å²) in [6, 6.07) is 0. The van der Waals surface area contributed by atoms with Crippen molar-refractivity contribution < 1.29 is 6.99 Å². The summed E-state index contributed by atoms with van der Waals surface area (Å²) in [6.07, 6.45) is 0. The molecule has 0 aromatic carbocycles. The van der Waals surface area contributed by atoms with Crippen molar-refractivity contribution >= 4 is 108 Å². The maximum atomic E-state index is 2.46. The second-order valence-electron chi connectivity index (χ2n) is 0.129. The van der Waals surface area contributed by atoms with Crippen LogP contribution in [0, 0.1) is 0 Å². The molecule has 0 saturated carbocycles. The van der Waals surface area contributed by atoms with E-state index in [4.69, 9.17) is 0 Å². The van der Waals surface area contributed by atoms with Gasteiger partial charge in [-0.15, -0.1) is 0 Å². The van der Waals surface area contributed by atoms with Gasteiger partial charge in [-0.1, -0.05) is 0 Å². The van der Waals surface area contributed by atoms with Crippen LogP contribution in [0.1, 0.15) is 0 Å². The van der Waals surface area contributed by atoms with Crippen molar-refractivity contribution in [3.63, 3.8) is 0 Å². The molecule has 0 amide bonds. The van der Waals surface area contributed by atoms with E-state index in [2.05, 4.69) is 57.1 Å². The maximum Gasteiger partial charge on any atom is 0 e. The fraction of sp³-hybridized carbons (Fsp3) is 0. The van der Waals surface area contributed by atoms with Crippen LogP contribution in [-0.2, 0) is 6.99 Å². The normalized spacial score (nSPS) is 9.00. The van der Waals surface area contributed by atoms with E-state index in [9.17, 15) is 0 Å². The summed E-state index contributed by atoms with van der Waals surface area (Å²) in [5.41, 5.74) is 0. The van der Waals surface area contributed by atoms with Crippen molar-refractivity contribution in [1.29, 1.82) is 0 Å². The third kappa shape index (κ3) is 17.7. The first kappa shape index (κ1) is 12.3. The Kier molecular flexibility index (Phi) is 21.0. The first-order valence-corrected chi connectivity index (χ1v) is 18.8. The molecule has 0 fully saturated rings. The smallest absolute Gasteiger partial charge is 0 e. The Hall–Kier alpha value is 4.57. The van der Waals surface area contributed by atoms with Crippen molar-refractivity contribution in [3.8, 4) is 0 Å². The fourth-order valence-electron chi connectivity index (χ4n) is 0. The predicted octanol–water partition coefficient (Wildman–Crippen LogP) is 2.27. The van der Waals surface area contributed by atoms with Gasteiger partial charge in [0.1, 0.15) is 0 Å². The van der Waals surface area contributed by atoms with Crippen LogP contribution in [0.3, 0.4) is 0 Å². The summed E-state index contributed by atoms with van der Waals surface area (Å²) >= 11 is 7.39. The van der Waals surface area contributed by atoms with Gasteiger partial charge in [-0.3, -0.25) is 0 Å². The molecule has 0 atom stereocenters. The van der Waals surface area contributed by atoms with Crippen LogP contribution < -0.4 is 0 Å². The number of rotatable bonds is 0. The molecule has 0 unspecified atom stereocenters. The molecular formula is AuI3K. The molecule has 5 heavy (non-hydrogen) atoms. The minimum atomic E-state index is -0.294. The number of hydrogen-bond donors (Lipinski definition) is 0. The Morgan fingerprint density at radius 3 is 1.00 bits per heavy atom. The quantitative estimate of drug-likeness (QED) is 0.290.